The Hall–Kier alpha value is -4.66. The zero-order chi connectivity index (χ0) is 29.6. The van der Waals surface area contributed by atoms with Gasteiger partial charge in [-0.2, -0.15) is 0 Å². The first kappa shape index (κ1) is 30.9. The molecule has 8 heteroatoms. The Labute approximate surface area is 240 Å². The van der Waals surface area contributed by atoms with Crippen molar-refractivity contribution in [1.29, 1.82) is 0 Å². The van der Waals surface area contributed by atoms with E-state index in [-0.39, 0.29) is 24.2 Å². The number of carbonyl (C=O) groups is 2. The van der Waals surface area contributed by atoms with Crippen molar-refractivity contribution in [1.82, 2.24) is 5.32 Å². The SMILES string of the molecule is C[C@H](N)[C@H](O)c1ccc(O)cc1.C[C@H](NC(=O)OCc1ccccc1)C(=O)c1ccc(OCc2ccccc2)cc1. The van der Waals surface area contributed by atoms with Crippen LogP contribution in [-0.2, 0) is 18.0 Å². The van der Waals surface area contributed by atoms with Crippen LogP contribution in [0, 0.1) is 0 Å². The van der Waals surface area contributed by atoms with Crippen LogP contribution in [0.15, 0.2) is 109 Å². The first-order valence-corrected chi connectivity index (χ1v) is 13.2. The van der Waals surface area contributed by atoms with Crippen molar-refractivity contribution >= 4 is 11.9 Å². The summed E-state index contributed by atoms with van der Waals surface area (Å²) < 4.78 is 10.9. The monoisotopic (exact) mass is 556 g/mol. The molecule has 0 radical (unpaired) electrons. The number of aromatic hydroxyl groups is 1. The van der Waals surface area contributed by atoms with Crippen LogP contribution in [0.1, 0.15) is 47.0 Å². The van der Waals surface area contributed by atoms with Gasteiger partial charge in [-0.3, -0.25) is 4.79 Å². The summed E-state index contributed by atoms with van der Waals surface area (Å²) in [5.74, 6) is 0.667. The number of rotatable bonds is 10. The number of carbonyl (C=O) groups excluding carboxylic acids is 2. The number of aliphatic hydroxyl groups excluding tert-OH is 1. The Balaban J connectivity index is 0.000000322. The fraction of sp³-hybridized carbons (Fsp3) is 0.212. The predicted molar refractivity (Wildman–Crippen MR) is 157 cm³/mol. The van der Waals surface area contributed by atoms with E-state index in [2.05, 4.69) is 5.32 Å². The molecule has 5 N–H and O–H groups in total. The molecule has 0 aliphatic rings. The molecule has 0 fully saturated rings. The lowest BCUT2D eigenvalue weighted by Gasteiger charge is -2.14. The summed E-state index contributed by atoms with van der Waals surface area (Å²) >= 11 is 0. The van der Waals surface area contributed by atoms with E-state index in [1.807, 2.05) is 60.7 Å². The van der Waals surface area contributed by atoms with Gasteiger partial charge in [-0.15, -0.1) is 0 Å². The smallest absolute Gasteiger partial charge is 0.408 e. The summed E-state index contributed by atoms with van der Waals surface area (Å²) in [5, 5.41) is 21.0. The highest BCUT2D eigenvalue weighted by atomic mass is 16.5. The minimum atomic E-state index is -0.700. The second-order valence-corrected chi connectivity index (χ2v) is 9.49. The number of ether oxygens (including phenoxy) is 2. The number of amides is 1. The zero-order valence-corrected chi connectivity index (χ0v) is 23.1. The topological polar surface area (TPSA) is 131 Å². The van der Waals surface area contributed by atoms with Gasteiger partial charge in [-0.05, 0) is 66.9 Å². The standard InChI is InChI=1S/C24H23NO4.C9H13NO2/c1-18(25-24(27)29-17-20-10-6-3-7-11-20)23(26)21-12-14-22(15-13-21)28-16-19-8-4-2-5-9-19;1-6(10)9(12)7-2-4-8(11)5-3-7/h2-15,18H,16-17H2,1H3,(H,25,27);2-6,9,11-12H,10H2,1H3/t18-;6-,9-/m00/s1. The highest BCUT2D eigenvalue weighted by Gasteiger charge is 2.18. The van der Waals surface area contributed by atoms with E-state index in [1.54, 1.807) is 50.2 Å². The van der Waals surface area contributed by atoms with Crippen LogP contribution in [-0.4, -0.2) is 34.2 Å². The molecule has 0 aromatic heterocycles. The van der Waals surface area contributed by atoms with E-state index < -0.39 is 18.2 Å². The summed E-state index contributed by atoms with van der Waals surface area (Å²) in [7, 11) is 0. The number of benzene rings is 4. The summed E-state index contributed by atoms with van der Waals surface area (Å²) in [5.41, 5.74) is 8.66. The molecule has 0 heterocycles. The maximum absolute atomic E-state index is 12.5. The van der Waals surface area contributed by atoms with Gasteiger partial charge in [0, 0.05) is 11.6 Å². The summed E-state index contributed by atoms with van der Waals surface area (Å²) in [4.78, 5) is 24.5. The van der Waals surface area contributed by atoms with Gasteiger partial charge in [-0.1, -0.05) is 72.8 Å². The molecule has 0 saturated heterocycles. The van der Waals surface area contributed by atoms with Crippen LogP contribution in [0.5, 0.6) is 11.5 Å². The number of phenols is 1. The van der Waals surface area contributed by atoms with E-state index in [1.165, 1.54) is 12.1 Å². The van der Waals surface area contributed by atoms with Gasteiger partial charge in [0.05, 0.1) is 12.1 Å². The largest absolute Gasteiger partial charge is 0.508 e. The highest BCUT2D eigenvalue weighted by Crippen LogP contribution is 2.18. The molecule has 214 valence electrons. The maximum atomic E-state index is 12.5. The Bertz CT molecular complexity index is 1340. The molecule has 8 nitrogen and oxygen atoms in total. The predicted octanol–water partition coefficient (Wildman–Crippen LogP) is 5.54. The minimum absolute atomic E-state index is 0.154. The fourth-order valence-corrected chi connectivity index (χ4v) is 3.69. The lowest BCUT2D eigenvalue weighted by molar-refractivity contribution is 0.0926. The molecule has 0 aliphatic carbocycles. The molecule has 4 rings (SSSR count). The molecule has 3 atom stereocenters. The van der Waals surface area contributed by atoms with Crippen molar-refractivity contribution in [2.24, 2.45) is 5.73 Å². The van der Waals surface area contributed by atoms with Crippen molar-refractivity contribution in [2.75, 3.05) is 0 Å². The molecule has 0 bridgehead atoms. The number of aliphatic hydroxyl groups is 1. The van der Waals surface area contributed by atoms with Crippen molar-refractivity contribution in [3.63, 3.8) is 0 Å². The van der Waals surface area contributed by atoms with Gasteiger partial charge >= 0.3 is 6.09 Å². The van der Waals surface area contributed by atoms with Crippen LogP contribution < -0.4 is 15.8 Å². The van der Waals surface area contributed by atoms with Crippen LogP contribution in [0.2, 0.25) is 0 Å². The molecule has 1 amide bonds. The quantitative estimate of drug-likeness (QED) is 0.189. The van der Waals surface area contributed by atoms with Crippen LogP contribution in [0.3, 0.4) is 0 Å². The van der Waals surface area contributed by atoms with E-state index in [0.29, 0.717) is 17.9 Å². The summed E-state index contributed by atoms with van der Waals surface area (Å²) in [6.07, 6.45) is -1.29. The first-order chi connectivity index (χ1) is 19.7. The Morgan fingerprint density at radius 2 is 1.32 bits per heavy atom. The third kappa shape index (κ3) is 10.4. The number of hydrogen-bond acceptors (Lipinski definition) is 7. The number of phenolic OH excluding ortho intramolecular Hbond substituents is 1. The van der Waals surface area contributed by atoms with Crippen LogP contribution in [0.25, 0.3) is 0 Å². The molecule has 0 spiro atoms. The molecule has 0 unspecified atom stereocenters. The first-order valence-electron chi connectivity index (χ1n) is 13.2. The second kappa shape index (κ2) is 15.8. The Morgan fingerprint density at radius 1 is 0.780 bits per heavy atom. The molecule has 41 heavy (non-hydrogen) atoms. The number of nitrogens with one attached hydrogen (secondary N) is 1. The van der Waals surface area contributed by atoms with Gasteiger partial charge in [0.2, 0.25) is 0 Å². The minimum Gasteiger partial charge on any atom is -0.508 e. The van der Waals surface area contributed by atoms with E-state index in [9.17, 15) is 14.7 Å². The normalized spacial score (nSPS) is 12.6. The number of hydrogen-bond donors (Lipinski definition) is 4. The van der Waals surface area contributed by atoms with Crippen molar-refractivity contribution in [3.8, 4) is 11.5 Å². The third-order valence-electron chi connectivity index (χ3n) is 6.06. The maximum Gasteiger partial charge on any atom is 0.408 e. The van der Waals surface area contributed by atoms with Crippen molar-refractivity contribution < 1.29 is 29.3 Å². The van der Waals surface area contributed by atoms with Gasteiger partial charge < -0.3 is 30.7 Å². The third-order valence-corrected chi connectivity index (χ3v) is 6.06. The van der Waals surface area contributed by atoms with E-state index in [0.717, 1.165) is 16.7 Å². The molecule has 4 aromatic carbocycles. The van der Waals surface area contributed by atoms with E-state index >= 15 is 0 Å². The molecular weight excluding hydrogens is 520 g/mol. The van der Waals surface area contributed by atoms with Crippen LogP contribution >= 0.6 is 0 Å². The van der Waals surface area contributed by atoms with E-state index in [4.69, 9.17) is 20.3 Å². The molecule has 0 aliphatic heterocycles. The highest BCUT2D eigenvalue weighted by molar-refractivity contribution is 6.01. The summed E-state index contributed by atoms with van der Waals surface area (Å²) in [6.45, 7) is 3.98. The van der Waals surface area contributed by atoms with Gasteiger partial charge in [0.1, 0.15) is 24.7 Å². The number of Topliss-reactive ketones (excluding diaryl/α,β-unsaturated/α-hetero) is 1. The van der Waals surface area contributed by atoms with Crippen molar-refractivity contribution in [3.05, 3.63) is 131 Å². The number of ketones is 1. The van der Waals surface area contributed by atoms with Gasteiger partial charge in [0.15, 0.2) is 5.78 Å². The summed E-state index contributed by atoms with van der Waals surface area (Å²) in [6, 6.07) is 31.5. The average molecular weight is 557 g/mol. The van der Waals surface area contributed by atoms with Gasteiger partial charge in [0.25, 0.3) is 0 Å². The fourth-order valence-electron chi connectivity index (χ4n) is 3.69. The molecular formula is C33H36N2O6. The lowest BCUT2D eigenvalue weighted by Crippen LogP contribution is -2.38. The second-order valence-electron chi connectivity index (χ2n) is 9.49. The van der Waals surface area contributed by atoms with Crippen LogP contribution in [0.4, 0.5) is 4.79 Å². The Kier molecular flexibility index (Phi) is 11.9. The van der Waals surface area contributed by atoms with Crippen molar-refractivity contribution in [2.45, 2.75) is 45.2 Å². The molecule has 0 saturated carbocycles. The average Bonchev–Trinajstić information content (AvgIpc) is 3.00. The zero-order valence-electron chi connectivity index (χ0n) is 23.1. The molecule has 4 aromatic rings. The Morgan fingerprint density at radius 3 is 1.85 bits per heavy atom. The van der Waals surface area contributed by atoms with Gasteiger partial charge in [-0.25, -0.2) is 4.79 Å². The lowest BCUT2D eigenvalue weighted by atomic mass is 10.0. The number of nitrogens with two attached hydrogens (primary N) is 1. The number of alkyl carbamates (subject to hydrolysis) is 1.